The summed E-state index contributed by atoms with van der Waals surface area (Å²) in [7, 11) is 1.63. The number of nitrogens with zero attached hydrogens (tertiary/aromatic N) is 2. The van der Waals surface area contributed by atoms with E-state index in [9.17, 15) is 13.6 Å². The molecule has 3 aromatic carbocycles. The Bertz CT molecular complexity index is 1450. The van der Waals surface area contributed by atoms with Gasteiger partial charge in [-0.05, 0) is 73.0 Å². The van der Waals surface area contributed by atoms with Crippen LogP contribution in [0.2, 0.25) is 0 Å². The smallest absolute Gasteiger partial charge is 0.258 e. The zero-order valence-corrected chi connectivity index (χ0v) is 18.2. The van der Waals surface area contributed by atoms with Crippen LogP contribution < -0.4 is 9.64 Å². The van der Waals surface area contributed by atoms with E-state index in [2.05, 4.69) is 4.98 Å². The maximum absolute atomic E-state index is 14.4. The number of hydrogen-bond acceptors (Lipinski definition) is 3. The number of halogens is 2. The van der Waals surface area contributed by atoms with Gasteiger partial charge in [0.2, 0.25) is 0 Å². The number of H-pyrrole nitrogens is 1. The van der Waals surface area contributed by atoms with Crippen LogP contribution in [0.1, 0.15) is 33.3 Å². The molecule has 33 heavy (non-hydrogen) atoms. The van der Waals surface area contributed by atoms with Crippen LogP contribution in [0.4, 0.5) is 20.2 Å². The summed E-state index contributed by atoms with van der Waals surface area (Å²) in [5.74, 6) is -0.334. The molecule has 4 aromatic rings. The summed E-state index contributed by atoms with van der Waals surface area (Å²) in [6.45, 7) is 2.36. The summed E-state index contributed by atoms with van der Waals surface area (Å²) in [4.78, 5) is 20.7. The van der Waals surface area contributed by atoms with Crippen molar-refractivity contribution in [3.63, 3.8) is 0 Å². The molecule has 5 nitrogen and oxygen atoms in total. The number of aromatic nitrogens is 1. The zero-order valence-electron chi connectivity index (χ0n) is 18.2. The number of carbonyl (C=O) groups excluding carboxylic acids is 1. The van der Waals surface area contributed by atoms with Gasteiger partial charge >= 0.3 is 0 Å². The molecule has 1 unspecified atom stereocenters. The van der Waals surface area contributed by atoms with E-state index in [1.807, 2.05) is 30.0 Å². The first-order chi connectivity index (χ1) is 16.0. The van der Waals surface area contributed by atoms with E-state index in [0.29, 0.717) is 24.3 Å². The standard InChI is InChI=1S/C26H21F2N3O2/c1-14-3-4-16(28)12-23(14)31-22-8-5-15(27)11-20(22)26(32)30-10-9-18-19-13-17(33-2)6-7-21(19)29-24(18)25(30)31/h3-8,11-13,25,29H,9-10H2,1-2H3. The van der Waals surface area contributed by atoms with Gasteiger partial charge in [-0.2, -0.15) is 0 Å². The van der Waals surface area contributed by atoms with Crippen molar-refractivity contribution >= 4 is 28.2 Å². The molecule has 1 atom stereocenters. The van der Waals surface area contributed by atoms with E-state index in [1.165, 1.54) is 24.3 Å². The molecule has 166 valence electrons. The molecule has 0 aliphatic carbocycles. The van der Waals surface area contributed by atoms with Crippen LogP contribution in [0.5, 0.6) is 5.75 Å². The monoisotopic (exact) mass is 445 g/mol. The highest BCUT2D eigenvalue weighted by Gasteiger charge is 2.44. The molecule has 0 spiro atoms. The molecule has 2 aliphatic heterocycles. The summed E-state index contributed by atoms with van der Waals surface area (Å²) in [6.07, 6.45) is 0.129. The number of amides is 1. The second-order valence-corrected chi connectivity index (χ2v) is 8.51. The van der Waals surface area contributed by atoms with Crippen LogP contribution in [-0.4, -0.2) is 29.4 Å². The maximum Gasteiger partial charge on any atom is 0.258 e. The number of ether oxygens (including phenoxy) is 1. The number of aromatic amines is 1. The molecular weight excluding hydrogens is 424 g/mol. The Labute approximate surface area is 189 Å². The third-order valence-corrected chi connectivity index (χ3v) is 6.69. The summed E-state index contributed by atoms with van der Waals surface area (Å²) < 4.78 is 34.0. The van der Waals surface area contributed by atoms with Crippen LogP contribution in [0.3, 0.4) is 0 Å². The van der Waals surface area contributed by atoms with Crippen molar-refractivity contribution < 1.29 is 18.3 Å². The Kier molecular flexibility index (Phi) is 4.24. The second kappa shape index (κ2) is 7.07. The van der Waals surface area contributed by atoms with Gasteiger partial charge in [0.05, 0.1) is 24.1 Å². The molecule has 0 radical (unpaired) electrons. The maximum atomic E-state index is 14.4. The van der Waals surface area contributed by atoms with Gasteiger partial charge in [-0.1, -0.05) is 6.07 Å². The number of anilines is 2. The minimum Gasteiger partial charge on any atom is -0.497 e. The van der Waals surface area contributed by atoms with E-state index in [0.717, 1.165) is 33.5 Å². The van der Waals surface area contributed by atoms with Crippen molar-refractivity contribution in [1.82, 2.24) is 9.88 Å². The predicted molar refractivity (Wildman–Crippen MR) is 122 cm³/mol. The van der Waals surface area contributed by atoms with Crippen LogP contribution >= 0.6 is 0 Å². The fraction of sp³-hybridized carbons (Fsp3) is 0.192. The van der Waals surface area contributed by atoms with Gasteiger partial charge < -0.3 is 19.5 Å². The minimum atomic E-state index is -0.516. The van der Waals surface area contributed by atoms with Crippen molar-refractivity contribution in [3.05, 3.63) is 88.6 Å². The highest BCUT2D eigenvalue weighted by atomic mass is 19.1. The summed E-state index contributed by atoms with van der Waals surface area (Å²) in [6, 6.07) is 14.6. The number of benzene rings is 3. The van der Waals surface area contributed by atoms with Gasteiger partial charge in [-0.3, -0.25) is 4.79 Å². The third kappa shape index (κ3) is 2.85. The molecule has 6 rings (SSSR count). The van der Waals surface area contributed by atoms with Crippen LogP contribution in [0.15, 0.2) is 54.6 Å². The lowest BCUT2D eigenvalue weighted by Gasteiger charge is -2.48. The number of hydrogen-bond donors (Lipinski definition) is 1. The summed E-state index contributed by atoms with van der Waals surface area (Å²) in [5.41, 5.74) is 5.23. The first-order valence-corrected chi connectivity index (χ1v) is 10.8. The number of nitrogens with one attached hydrogen (secondary N) is 1. The van der Waals surface area contributed by atoms with Crippen LogP contribution in [-0.2, 0) is 6.42 Å². The largest absolute Gasteiger partial charge is 0.497 e. The van der Waals surface area contributed by atoms with Gasteiger partial charge in [0.25, 0.3) is 5.91 Å². The molecule has 2 aliphatic rings. The van der Waals surface area contributed by atoms with Gasteiger partial charge in [-0.15, -0.1) is 0 Å². The molecule has 1 aromatic heterocycles. The van der Waals surface area contributed by atoms with Gasteiger partial charge in [0, 0.05) is 23.1 Å². The number of carbonyl (C=O) groups is 1. The van der Waals surface area contributed by atoms with E-state index in [4.69, 9.17) is 4.74 Å². The highest BCUT2D eigenvalue weighted by molar-refractivity contribution is 6.04. The minimum absolute atomic E-state index is 0.235. The number of fused-ring (bicyclic) bond motifs is 6. The Morgan fingerprint density at radius 3 is 2.61 bits per heavy atom. The fourth-order valence-corrected chi connectivity index (χ4v) is 5.14. The lowest BCUT2D eigenvalue weighted by Crippen LogP contribution is -2.51. The van der Waals surface area contributed by atoms with E-state index >= 15 is 0 Å². The highest BCUT2D eigenvalue weighted by Crippen LogP contribution is 2.48. The van der Waals surface area contributed by atoms with Crippen molar-refractivity contribution in [2.75, 3.05) is 18.6 Å². The Morgan fingerprint density at radius 1 is 1.00 bits per heavy atom. The average Bonchev–Trinajstić information content (AvgIpc) is 3.19. The molecule has 1 N–H and O–H groups in total. The first-order valence-electron chi connectivity index (χ1n) is 10.8. The third-order valence-electron chi connectivity index (χ3n) is 6.69. The fourth-order valence-electron chi connectivity index (χ4n) is 5.14. The predicted octanol–water partition coefficient (Wildman–Crippen LogP) is 5.61. The number of methoxy groups -OCH3 is 1. The molecule has 0 saturated heterocycles. The average molecular weight is 445 g/mol. The SMILES string of the molecule is COc1ccc2[nH]c3c(c2c1)CCN1C(=O)c2cc(F)ccc2N(c2cc(F)ccc2C)C31. The van der Waals surface area contributed by atoms with Gasteiger partial charge in [-0.25, -0.2) is 8.78 Å². The van der Waals surface area contributed by atoms with E-state index in [-0.39, 0.29) is 17.3 Å². The normalized spacial score (nSPS) is 17.1. The Morgan fingerprint density at radius 2 is 1.79 bits per heavy atom. The first kappa shape index (κ1) is 19.8. The van der Waals surface area contributed by atoms with Gasteiger partial charge in [0.1, 0.15) is 17.4 Å². The van der Waals surface area contributed by atoms with E-state index < -0.39 is 12.0 Å². The molecule has 0 bridgehead atoms. The van der Waals surface area contributed by atoms with Crippen LogP contribution in [0, 0.1) is 18.6 Å². The Balaban J connectivity index is 1.64. The second-order valence-electron chi connectivity index (χ2n) is 8.51. The van der Waals surface area contributed by atoms with Crippen molar-refractivity contribution in [3.8, 4) is 5.75 Å². The van der Waals surface area contributed by atoms with E-state index in [1.54, 1.807) is 24.1 Å². The lowest BCUT2D eigenvalue weighted by atomic mass is 9.94. The Hall–Kier alpha value is -3.87. The molecule has 3 heterocycles. The lowest BCUT2D eigenvalue weighted by molar-refractivity contribution is 0.0641. The number of rotatable bonds is 2. The molecule has 1 amide bonds. The van der Waals surface area contributed by atoms with Crippen LogP contribution in [0.25, 0.3) is 10.9 Å². The molecular formula is C26H21F2N3O2. The number of aryl methyl sites for hydroxylation is 1. The topological polar surface area (TPSA) is 48.6 Å². The molecule has 0 saturated carbocycles. The summed E-state index contributed by atoms with van der Waals surface area (Å²) >= 11 is 0. The molecule has 7 heteroatoms. The zero-order chi connectivity index (χ0) is 22.9. The quantitative estimate of drug-likeness (QED) is 0.436. The van der Waals surface area contributed by atoms with Crippen molar-refractivity contribution in [1.29, 1.82) is 0 Å². The van der Waals surface area contributed by atoms with Crippen molar-refractivity contribution in [2.24, 2.45) is 0 Å². The van der Waals surface area contributed by atoms with Crippen molar-refractivity contribution in [2.45, 2.75) is 19.5 Å². The van der Waals surface area contributed by atoms with Gasteiger partial charge in [0.15, 0.2) is 6.17 Å². The molecule has 0 fully saturated rings. The summed E-state index contributed by atoms with van der Waals surface area (Å²) in [5, 5.41) is 1.04.